The summed E-state index contributed by atoms with van der Waals surface area (Å²) >= 11 is 0. The summed E-state index contributed by atoms with van der Waals surface area (Å²) in [6, 6.07) is 20.8. The Morgan fingerprint density at radius 1 is 1.00 bits per heavy atom. The van der Waals surface area contributed by atoms with Crippen LogP contribution in [-0.4, -0.2) is 28.1 Å². The minimum absolute atomic E-state index is 0.0149. The minimum atomic E-state index is -0.0149. The Balaban J connectivity index is 1.40. The van der Waals surface area contributed by atoms with Crippen LogP contribution in [0.4, 0.5) is 5.95 Å². The van der Waals surface area contributed by atoms with E-state index in [-0.39, 0.29) is 6.04 Å². The Labute approximate surface area is 190 Å². The standard InChI is InChI=1S/C27H22N4O2/c1-2-5-21-19(4-1)20-10-13-31(27-28-12-9-22(30-27)24-6-3-14-32-24)26(25(20)29-21)18-7-8-23-17(16-18)11-15-33-23/h1-9,12,14,16,26,29H,10-11,13,15H2. The molecule has 0 amide bonds. The largest absolute Gasteiger partial charge is 0.493 e. The van der Waals surface area contributed by atoms with Gasteiger partial charge in [-0.25, -0.2) is 9.97 Å². The molecule has 6 heteroatoms. The monoisotopic (exact) mass is 434 g/mol. The summed E-state index contributed by atoms with van der Waals surface area (Å²) in [5.41, 5.74) is 7.04. The number of furan rings is 1. The van der Waals surface area contributed by atoms with Gasteiger partial charge in [-0.05, 0) is 59.5 Å². The number of nitrogens with zero attached hydrogens (tertiary/aromatic N) is 3. The average molecular weight is 434 g/mol. The predicted octanol–water partition coefficient (Wildman–Crippen LogP) is 5.30. The molecule has 33 heavy (non-hydrogen) atoms. The molecule has 2 aliphatic rings. The number of nitrogens with one attached hydrogen (secondary N) is 1. The van der Waals surface area contributed by atoms with Crippen molar-refractivity contribution in [3.63, 3.8) is 0 Å². The van der Waals surface area contributed by atoms with Crippen molar-refractivity contribution in [2.45, 2.75) is 18.9 Å². The molecule has 6 nitrogen and oxygen atoms in total. The van der Waals surface area contributed by atoms with Gasteiger partial charge in [-0.2, -0.15) is 0 Å². The van der Waals surface area contributed by atoms with E-state index in [2.05, 4.69) is 57.3 Å². The first-order valence-corrected chi connectivity index (χ1v) is 11.3. The molecule has 2 aromatic carbocycles. The van der Waals surface area contributed by atoms with Crippen LogP contribution in [0.25, 0.3) is 22.4 Å². The highest BCUT2D eigenvalue weighted by Crippen LogP contribution is 2.41. The normalized spacial score (nSPS) is 17.1. The lowest BCUT2D eigenvalue weighted by atomic mass is 9.91. The van der Waals surface area contributed by atoms with E-state index < -0.39 is 0 Å². The third kappa shape index (κ3) is 2.94. The van der Waals surface area contributed by atoms with Gasteiger partial charge < -0.3 is 19.0 Å². The van der Waals surface area contributed by atoms with Crippen molar-refractivity contribution in [1.82, 2.24) is 15.0 Å². The summed E-state index contributed by atoms with van der Waals surface area (Å²) < 4.78 is 11.4. The van der Waals surface area contributed by atoms with E-state index in [0.717, 1.165) is 43.2 Å². The summed E-state index contributed by atoms with van der Waals surface area (Å²) in [5, 5.41) is 1.30. The van der Waals surface area contributed by atoms with Crippen molar-refractivity contribution >= 4 is 16.9 Å². The second-order valence-corrected chi connectivity index (χ2v) is 8.59. The predicted molar refractivity (Wildman–Crippen MR) is 127 cm³/mol. The van der Waals surface area contributed by atoms with Crippen LogP contribution in [0.2, 0.25) is 0 Å². The van der Waals surface area contributed by atoms with E-state index in [1.165, 1.54) is 33.3 Å². The van der Waals surface area contributed by atoms with Crippen LogP contribution in [0.3, 0.4) is 0 Å². The number of fused-ring (bicyclic) bond motifs is 4. The highest BCUT2D eigenvalue weighted by molar-refractivity contribution is 5.86. The van der Waals surface area contributed by atoms with Gasteiger partial charge in [0.15, 0.2) is 5.76 Å². The van der Waals surface area contributed by atoms with Crippen molar-refractivity contribution < 1.29 is 9.15 Å². The molecule has 0 aliphatic carbocycles. The van der Waals surface area contributed by atoms with Crippen LogP contribution in [0.5, 0.6) is 5.75 Å². The number of benzene rings is 2. The first-order valence-electron chi connectivity index (χ1n) is 11.3. The maximum Gasteiger partial charge on any atom is 0.226 e. The third-order valence-electron chi connectivity index (χ3n) is 6.74. The summed E-state index contributed by atoms with van der Waals surface area (Å²) in [5.74, 6) is 2.44. The molecule has 1 atom stereocenters. The van der Waals surface area contributed by atoms with E-state index in [0.29, 0.717) is 5.95 Å². The fourth-order valence-electron chi connectivity index (χ4n) is 5.23. The van der Waals surface area contributed by atoms with Gasteiger partial charge in [0.05, 0.1) is 18.9 Å². The number of aromatic amines is 1. The number of rotatable bonds is 3. The van der Waals surface area contributed by atoms with Gasteiger partial charge in [0.2, 0.25) is 5.95 Å². The molecule has 2 aliphatic heterocycles. The first kappa shape index (κ1) is 18.5. The topological polar surface area (TPSA) is 67.2 Å². The molecule has 0 spiro atoms. The third-order valence-corrected chi connectivity index (χ3v) is 6.74. The molecular formula is C27H22N4O2. The molecule has 0 radical (unpaired) electrons. The van der Waals surface area contributed by atoms with Crippen molar-refractivity contribution in [2.24, 2.45) is 0 Å². The average Bonchev–Trinajstić information content (AvgIpc) is 3.62. The molecule has 0 saturated carbocycles. The molecule has 7 rings (SSSR count). The Morgan fingerprint density at radius 3 is 2.91 bits per heavy atom. The summed E-state index contributed by atoms with van der Waals surface area (Å²) in [7, 11) is 0. The van der Waals surface area contributed by atoms with E-state index in [1.807, 2.05) is 24.4 Å². The van der Waals surface area contributed by atoms with E-state index in [1.54, 1.807) is 6.26 Å². The SMILES string of the molecule is c1coc(-c2ccnc(N3CCc4c([nH]c5ccccc45)C3c3ccc4c(c3)CCO4)n2)c1. The Hall–Kier alpha value is -4.06. The zero-order valence-electron chi connectivity index (χ0n) is 18.0. The van der Waals surface area contributed by atoms with E-state index in [4.69, 9.17) is 14.1 Å². The minimum Gasteiger partial charge on any atom is -0.493 e. The maximum atomic E-state index is 5.77. The Morgan fingerprint density at radius 2 is 1.97 bits per heavy atom. The van der Waals surface area contributed by atoms with Crippen LogP contribution in [0.1, 0.15) is 28.4 Å². The number of para-hydroxylation sites is 1. The smallest absolute Gasteiger partial charge is 0.226 e. The number of H-pyrrole nitrogens is 1. The number of anilines is 1. The first-order chi connectivity index (χ1) is 16.3. The molecular weight excluding hydrogens is 412 g/mol. The number of hydrogen-bond donors (Lipinski definition) is 1. The fourth-order valence-corrected chi connectivity index (χ4v) is 5.23. The lowest BCUT2D eigenvalue weighted by molar-refractivity contribution is 0.357. The fraction of sp³-hybridized carbons (Fsp3) is 0.185. The van der Waals surface area contributed by atoms with Crippen molar-refractivity contribution in [3.05, 3.63) is 95.5 Å². The number of hydrogen-bond acceptors (Lipinski definition) is 5. The van der Waals surface area contributed by atoms with Gasteiger partial charge in [0, 0.05) is 35.8 Å². The van der Waals surface area contributed by atoms with Gasteiger partial charge >= 0.3 is 0 Å². The number of aromatic nitrogens is 3. The van der Waals surface area contributed by atoms with E-state index in [9.17, 15) is 0 Å². The zero-order valence-corrected chi connectivity index (χ0v) is 18.0. The van der Waals surface area contributed by atoms with Gasteiger partial charge in [-0.1, -0.05) is 24.3 Å². The highest BCUT2D eigenvalue weighted by Gasteiger charge is 2.34. The van der Waals surface area contributed by atoms with Crippen LogP contribution in [0.15, 0.2) is 77.5 Å². The summed E-state index contributed by atoms with van der Waals surface area (Å²) in [4.78, 5) is 15.6. The Kier molecular flexibility index (Phi) is 4.06. The Bertz CT molecular complexity index is 1470. The van der Waals surface area contributed by atoms with E-state index >= 15 is 0 Å². The van der Waals surface area contributed by atoms with Crippen LogP contribution < -0.4 is 9.64 Å². The summed E-state index contributed by atoms with van der Waals surface area (Å²) in [6.45, 7) is 1.58. The van der Waals surface area contributed by atoms with Gasteiger partial charge in [0.25, 0.3) is 0 Å². The molecule has 1 unspecified atom stereocenters. The zero-order chi connectivity index (χ0) is 21.8. The molecule has 1 N–H and O–H groups in total. The van der Waals surface area contributed by atoms with Crippen LogP contribution >= 0.6 is 0 Å². The lowest BCUT2D eigenvalue weighted by Crippen LogP contribution is -2.37. The van der Waals surface area contributed by atoms with Crippen molar-refractivity contribution in [3.8, 4) is 17.2 Å². The molecule has 5 heterocycles. The molecule has 0 fully saturated rings. The van der Waals surface area contributed by atoms with Gasteiger partial charge in [-0.15, -0.1) is 0 Å². The molecule has 3 aromatic heterocycles. The second kappa shape index (κ2) is 7.24. The summed E-state index contributed by atoms with van der Waals surface area (Å²) in [6.07, 6.45) is 5.36. The van der Waals surface area contributed by atoms with Crippen molar-refractivity contribution in [1.29, 1.82) is 0 Å². The quantitative estimate of drug-likeness (QED) is 0.417. The highest BCUT2D eigenvalue weighted by atomic mass is 16.5. The van der Waals surface area contributed by atoms with Gasteiger partial charge in [0.1, 0.15) is 11.4 Å². The molecule has 162 valence electrons. The maximum absolute atomic E-state index is 5.77. The number of ether oxygens (including phenoxy) is 1. The van der Waals surface area contributed by atoms with Crippen molar-refractivity contribution in [2.75, 3.05) is 18.1 Å². The second-order valence-electron chi connectivity index (χ2n) is 8.59. The van der Waals surface area contributed by atoms with Crippen LogP contribution in [0, 0.1) is 0 Å². The van der Waals surface area contributed by atoms with Crippen LogP contribution in [-0.2, 0) is 12.8 Å². The lowest BCUT2D eigenvalue weighted by Gasteiger charge is -2.36. The molecule has 0 bridgehead atoms. The molecule has 5 aromatic rings. The molecule has 0 saturated heterocycles. The van der Waals surface area contributed by atoms with Gasteiger partial charge in [-0.3, -0.25) is 0 Å².